The number of sulfonamides is 1. The Kier molecular flexibility index (Phi) is 5.06. The molecular formula is C14H14N4O4S3. The zero-order valence-electron chi connectivity index (χ0n) is 13.1. The molecule has 1 aliphatic heterocycles. The van der Waals surface area contributed by atoms with E-state index < -0.39 is 10.0 Å². The molecule has 0 bridgehead atoms. The van der Waals surface area contributed by atoms with Gasteiger partial charge in [-0.25, -0.2) is 8.42 Å². The number of carbonyl (C=O) groups excluding carboxylic acids is 2. The normalized spacial score (nSPS) is 15.0. The topological polar surface area (TPSA) is 109 Å². The molecule has 0 aliphatic carbocycles. The van der Waals surface area contributed by atoms with E-state index in [1.54, 1.807) is 0 Å². The fraction of sp³-hybridized carbons (Fsp3) is 0.286. The zero-order chi connectivity index (χ0) is 18.0. The third-order valence-corrected chi connectivity index (χ3v) is 6.69. The van der Waals surface area contributed by atoms with E-state index in [0.29, 0.717) is 10.0 Å². The van der Waals surface area contributed by atoms with Gasteiger partial charge in [0.05, 0.1) is 10.6 Å². The number of hydrogen-bond acceptors (Lipinski definition) is 8. The van der Waals surface area contributed by atoms with E-state index in [9.17, 15) is 18.0 Å². The maximum absolute atomic E-state index is 12.4. The van der Waals surface area contributed by atoms with E-state index in [4.69, 9.17) is 0 Å². The van der Waals surface area contributed by atoms with Crippen LogP contribution >= 0.6 is 23.1 Å². The van der Waals surface area contributed by atoms with Crippen LogP contribution in [0.3, 0.4) is 0 Å². The van der Waals surface area contributed by atoms with Crippen molar-refractivity contribution in [3.05, 3.63) is 24.3 Å². The van der Waals surface area contributed by atoms with E-state index >= 15 is 0 Å². The van der Waals surface area contributed by atoms with Gasteiger partial charge in [-0.15, -0.1) is 10.2 Å². The number of thioether (sulfide) groups is 1. The Morgan fingerprint density at radius 1 is 1.16 bits per heavy atom. The molecule has 11 heteroatoms. The molecule has 1 fully saturated rings. The van der Waals surface area contributed by atoms with Crippen LogP contribution in [0.15, 0.2) is 33.5 Å². The van der Waals surface area contributed by atoms with Gasteiger partial charge in [0.25, 0.3) is 10.0 Å². The van der Waals surface area contributed by atoms with Gasteiger partial charge in [-0.3, -0.25) is 19.2 Å². The Hall–Kier alpha value is -1.98. The first-order valence-electron chi connectivity index (χ1n) is 7.35. The number of nitrogens with zero attached hydrogens (tertiary/aromatic N) is 3. The molecule has 1 aliphatic rings. The number of amides is 2. The first-order chi connectivity index (χ1) is 11.9. The predicted molar refractivity (Wildman–Crippen MR) is 95.3 cm³/mol. The van der Waals surface area contributed by atoms with Crippen LogP contribution in [0.25, 0.3) is 0 Å². The quantitative estimate of drug-likeness (QED) is 0.586. The standard InChI is InChI=1S/C14H14N4O4S3/c1-2-23-14-16-15-13(24-14)17-25(21,22)10-5-3-9(4-6-10)18-11(19)7-8-12(18)20/h3-6H,2,7-8H2,1H3,(H,15,17). The summed E-state index contributed by atoms with van der Waals surface area (Å²) in [7, 11) is -3.82. The molecule has 0 saturated carbocycles. The smallest absolute Gasteiger partial charge is 0.263 e. The van der Waals surface area contributed by atoms with Crippen molar-refractivity contribution < 1.29 is 18.0 Å². The first kappa shape index (κ1) is 17.8. The lowest BCUT2D eigenvalue weighted by Gasteiger charge is -2.14. The molecule has 0 radical (unpaired) electrons. The Morgan fingerprint density at radius 2 is 1.80 bits per heavy atom. The van der Waals surface area contributed by atoms with Gasteiger partial charge in [0.2, 0.25) is 16.9 Å². The average molecular weight is 398 g/mol. The van der Waals surface area contributed by atoms with Crippen LogP contribution in [-0.2, 0) is 19.6 Å². The second-order valence-electron chi connectivity index (χ2n) is 5.03. The summed E-state index contributed by atoms with van der Waals surface area (Å²) in [5.74, 6) is 0.249. The van der Waals surface area contributed by atoms with Crippen molar-refractivity contribution in [2.45, 2.75) is 29.0 Å². The molecule has 0 unspecified atom stereocenters. The molecule has 1 aromatic carbocycles. The second kappa shape index (κ2) is 7.10. The molecule has 1 saturated heterocycles. The third-order valence-electron chi connectivity index (χ3n) is 3.35. The highest BCUT2D eigenvalue weighted by molar-refractivity contribution is 8.01. The van der Waals surface area contributed by atoms with Crippen molar-refractivity contribution in [2.75, 3.05) is 15.4 Å². The molecule has 2 heterocycles. The van der Waals surface area contributed by atoms with Crippen LogP contribution in [-0.4, -0.2) is 36.2 Å². The largest absolute Gasteiger partial charge is 0.274 e. The number of carbonyl (C=O) groups is 2. The molecule has 2 aromatic rings. The van der Waals surface area contributed by atoms with Gasteiger partial charge in [0.15, 0.2) is 4.34 Å². The highest BCUT2D eigenvalue weighted by Crippen LogP contribution is 2.28. The van der Waals surface area contributed by atoms with Crippen molar-refractivity contribution in [3.8, 4) is 0 Å². The highest BCUT2D eigenvalue weighted by Gasteiger charge is 2.30. The summed E-state index contributed by atoms with van der Waals surface area (Å²) in [4.78, 5) is 24.5. The maximum atomic E-state index is 12.4. The molecule has 0 spiro atoms. The second-order valence-corrected chi connectivity index (χ2v) is 9.20. The summed E-state index contributed by atoms with van der Waals surface area (Å²) in [6.07, 6.45) is 0.352. The lowest BCUT2D eigenvalue weighted by atomic mass is 10.3. The van der Waals surface area contributed by atoms with Gasteiger partial charge in [-0.05, 0) is 30.0 Å². The van der Waals surface area contributed by atoms with Crippen molar-refractivity contribution in [1.82, 2.24) is 10.2 Å². The monoisotopic (exact) mass is 398 g/mol. The zero-order valence-corrected chi connectivity index (χ0v) is 15.6. The van der Waals surface area contributed by atoms with Crippen molar-refractivity contribution in [3.63, 3.8) is 0 Å². The van der Waals surface area contributed by atoms with Crippen LogP contribution in [0.2, 0.25) is 0 Å². The highest BCUT2D eigenvalue weighted by atomic mass is 32.2. The van der Waals surface area contributed by atoms with E-state index in [-0.39, 0.29) is 34.7 Å². The molecule has 132 valence electrons. The maximum Gasteiger partial charge on any atom is 0.263 e. The minimum absolute atomic E-state index is 0.00948. The number of hydrogen-bond donors (Lipinski definition) is 1. The Labute approximate surface area is 152 Å². The van der Waals surface area contributed by atoms with Crippen molar-refractivity contribution in [2.24, 2.45) is 0 Å². The minimum Gasteiger partial charge on any atom is -0.274 e. The number of aromatic nitrogens is 2. The van der Waals surface area contributed by atoms with Crippen molar-refractivity contribution in [1.29, 1.82) is 0 Å². The summed E-state index contributed by atoms with van der Waals surface area (Å²) in [5, 5.41) is 7.88. The van der Waals surface area contributed by atoms with Crippen LogP contribution in [0.5, 0.6) is 0 Å². The fourth-order valence-corrected chi connectivity index (χ4v) is 5.12. The molecule has 25 heavy (non-hydrogen) atoms. The Balaban J connectivity index is 1.78. The number of rotatable bonds is 6. The SMILES string of the molecule is CCSc1nnc(NS(=O)(=O)c2ccc(N3C(=O)CCC3=O)cc2)s1. The molecule has 1 N–H and O–H groups in total. The molecular weight excluding hydrogens is 384 g/mol. The van der Waals surface area contributed by atoms with Crippen LogP contribution in [0, 0.1) is 0 Å². The molecule has 1 aromatic heterocycles. The van der Waals surface area contributed by atoms with Gasteiger partial charge in [0, 0.05) is 12.8 Å². The summed E-state index contributed by atoms with van der Waals surface area (Å²) in [5.41, 5.74) is 0.365. The van der Waals surface area contributed by atoms with Gasteiger partial charge >= 0.3 is 0 Å². The summed E-state index contributed by atoms with van der Waals surface area (Å²) in [6, 6.07) is 5.57. The molecule has 8 nitrogen and oxygen atoms in total. The number of imide groups is 1. The summed E-state index contributed by atoms with van der Waals surface area (Å²) >= 11 is 2.63. The molecule has 2 amide bonds. The number of benzene rings is 1. The lowest BCUT2D eigenvalue weighted by molar-refractivity contribution is -0.121. The van der Waals surface area contributed by atoms with E-state index in [1.807, 2.05) is 6.92 Å². The Morgan fingerprint density at radius 3 is 2.40 bits per heavy atom. The third kappa shape index (κ3) is 3.83. The Bertz CT molecular complexity index is 892. The van der Waals surface area contributed by atoms with Gasteiger partial charge < -0.3 is 0 Å². The number of nitrogens with one attached hydrogen (secondary N) is 1. The number of anilines is 2. The fourth-order valence-electron chi connectivity index (χ4n) is 2.25. The van der Waals surface area contributed by atoms with E-state index in [2.05, 4.69) is 14.9 Å². The predicted octanol–water partition coefficient (Wildman–Crippen LogP) is 2.10. The summed E-state index contributed by atoms with van der Waals surface area (Å²) in [6.45, 7) is 1.97. The molecule has 0 atom stereocenters. The van der Waals surface area contributed by atoms with Gasteiger partial charge in [0.1, 0.15) is 0 Å². The van der Waals surface area contributed by atoms with Crippen LogP contribution < -0.4 is 9.62 Å². The van der Waals surface area contributed by atoms with Crippen LogP contribution in [0.4, 0.5) is 10.8 Å². The minimum atomic E-state index is -3.82. The molecule has 3 rings (SSSR count). The van der Waals surface area contributed by atoms with E-state index in [1.165, 1.54) is 36.0 Å². The lowest BCUT2D eigenvalue weighted by Crippen LogP contribution is -2.28. The van der Waals surface area contributed by atoms with Crippen LogP contribution in [0.1, 0.15) is 19.8 Å². The first-order valence-corrected chi connectivity index (χ1v) is 10.6. The summed E-state index contributed by atoms with van der Waals surface area (Å²) < 4.78 is 27.9. The van der Waals surface area contributed by atoms with Gasteiger partial charge in [-0.1, -0.05) is 30.0 Å². The van der Waals surface area contributed by atoms with E-state index in [0.717, 1.165) is 22.0 Å². The average Bonchev–Trinajstić information content (AvgIpc) is 3.14. The van der Waals surface area contributed by atoms with Crippen molar-refractivity contribution >= 4 is 55.8 Å². The van der Waals surface area contributed by atoms with Gasteiger partial charge in [-0.2, -0.15) is 0 Å².